The average molecular weight is 431 g/mol. The average Bonchev–Trinajstić information content (AvgIpc) is 2.66. The molecule has 0 fully saturated rings. The summed E-state index contributed by atoms with van der Waals surface area (Å²) < 4.78 is 0. The minimum absolute atomic E-state index is 0.0479. The quantitative estimate of drug-likeness (QED) is 0.0762. The van der Waals surface area contributed by atoms with Gasteiger partial charge in [-0.25, -0.2) is 4.79 Å². The van der Waals surface area contributed by atoms with Crippen molar-refractivity contribution in [1.29, 1.82) is 0 Å². The molecule has 0 saturated carbocycles. The highest BCUT2D eigenvalue weighted by molar-refractivity contribution is 5.93. The van der Waals surface area contributed by atoms with Crippen LogP contribution in [0.5, 0.6) is 0 Å². The molecule has 0 spiro atoms. The van der Waals surface area contributed by atoms with Crippen LogP contribution in [-0.2, 0) is 24.0 Å². The van der Waals surface area contributed by atoms with Crippen molar-refractivity contribution in [2.24, 2.45) is 22.2 Å². The first-order chi connectivity index (χ1) is 14.0. The molecule has 0 aromatic rings. The summed E-state index contributed by atoms with van der Waals surface area (Å²) in [5.74, 6) is -4.85. The van der Waals surface area contributed by atoms with Crippen LogP contribution in [0.1, 0.15) is 32.6 Å². The molecule has 11 N–H and O–H groups in total. The van der Waals surface area contributed by atoms with Crippen molar-refractivity contribution >= 4 is 35.6 Å². The Bertz CT molecular complexity index is 664. The lowest BCUT2D eigenvalue weighted by Crippen LogP contribution is -2.55. The molecule has 3 unspecified atom stereocenters. The number of carbonyl (C=O) groups is 5. The van der Waals surface area contributed by atoms with Crippen molar-refractivity contribution in [3.05, 3.63) is 0 Å². The number of carbonyl (C=O) groups excluding carboxylic acids is 3. The highest BCUT2D eigenvalue weighted by atomic mass is 16.4. The Hall–Kier alpha value is -3.42. The molecule has 170 valence electrons. The van der Waals surface area contributed by atoms with Crippen LogP contribution in [0.4, 0.5) is 0 Å². The van der Waals surface area contributed by atoms with E-state index in [-0.39, 0.29) is 31.8 Å². The second-order valence-electron chi connectivity index (χ2n) is 6.34. The predicted molar refractivity (Wildman–Crippen MR) is 105 cm³/mol. The van der Waals surface area contributed by atoms with Gasteiger partial charge in [0.25, 0.3) is 0 Å². The van der Waals surface area contributed by atoms with Crippen molar-refractivity contribution in [3.63, 3.8) is 0 Å². The van der Waals surface area contributed by atoms with Gasteiger partial charge in [-0.15, -0.1) is 0 Å². The van der Waals surface area contributed by atoms with E-state index in [0.29, 0.717) is 0 Å². The van der Waals surface area contributed by atoms with Crippen LogP contribution in [0.25, 0.3) is 0 Å². The number of hydrogen-bond acceptors (Lipinski definition) is 7. The first-order valence-corrected chi connectivity index (χ1v) is 9.08. The van der Waals surface area contributed by atoms with Gasteiger partial charge >= 0.3 is 11.9 Å². The molecule has 0 saturated heterocycles. The Morgan fingerprint density at radius 3 is 2.07 bits per heavy atom. The van der Waals surface area contributed by atoms with E-state index in [1.54, 1.807) is 0 Å². The zero-order chi connectivity index (χ0) is 23.3. The van der Waals surface area contributed by atoms with Gasteiger partial charge in [0.15, 0.2) is 5.96 Å². The van der Waals surface area contributed by atoms with E-state index >= 15 is 0 Å². The molecule has 0 radical (unpaired) electrons. The smallest absolute Gasteiger partial charge is 0.326 e. The molecule has 0 aliphatic carbocycles. The van der Waals surface area contributed by atoms with Crippen LogP contribution in [0.2, 0.25) is 0 Å². The van der Waals surface area contributed by atoms with E-state index in [4.69, 9.17) is 22.3 Å². The molecular weight excluding hydrogens is 402 g/mol. The van der Waals surface area contributed by atoms with Crippen molar-refractivity contribution in [1.82, 2.24) is 16.0 Å². The van der Waals surface area contributed by atoms with Gasteiger partial charge in [0.05, 0.1) is 6.54 Å². The summed E-state index contributed by atoms with van der Waals surface area (Å²) in [6, 6.07) is -3.60. The lowest BCUT2D eigenvalue weighted by Gasteiger charge is -2.22. The van der Waals surface area contributed by atoms with Crippen LogP contribution in [-0.4, -0.2) is 77.0 Å². The molecule has 3 amide bonds. The normalized spacial score (nSPS) is 13.3. The Morgan fingerprint density at radius 2 is 1.57 bits per heavy atom. The summed E-state index contributed by atoms with van der Waals surface area (Å²) in [6.45, 7) is 1.08. The fourth-order valence-electron chi connectivity index (χ4n) is 2.23. The number of carboxylic acid groups (broad SMARTS) is 2. The summed E-state index contributed by atoms with van der Waals surface area (Å²) in [6.07, 6.45) is -0.283. The minimum Gasteiger partial charge on any atom is -0.481 e. The number of rotatable bonds is 14. The maximum Gasteiger partial charge on any atom is 0.326 e. The van der Waals surface area contributed by atoms with Gasteiger partial charge in [0, 0.05) is 13.0 Å². The molecule has 0 rings (SSSR count). The van der Waals surface area contributed by atoms with Gasteiger partial charge in [-0.1, -0.05) is 0 Å². The zero-order valence-electron chi connectivity index (χ0n) is 16.6. The van der Waals surface area contributed by atoms with Gasteiger partial charge in [-0.3, -0.25) is 24.2 Å². The number of aliphatic carboxylic acids is 2. The number of nitrogens with two attached hydrogens (primary N) is 3. The van der Waals surface area contributed by atoms with Crippen LogP contribution < -0.4 is 33.2 Å². The van der Waals surface area contributed by atoms with Crippen molar-refractivity contribution in [3.8, 4) is 0 Å². The molecular formula is C16H29N7O7. The molecule has 0 aliphatic heterocycles. The zero-order valence-corrected chi connectivity index (χ0v) is 16.6. The van der Waals surface area contributed by atoms with Gasteiger partial charge < -0.3 is 43.4 Å². The topological polar surface area (TPSA) is 252 Å². The monoisotopic (exact) mass is 431 g/mol. The first kappa shape index (κ1) is 26.6. The fraction of sp³-hybridized carbons (Fsp3) is 0.625. The number of nitrogens with zero attached hydrogens (tertiary/aromatic N) is 1. The molecule has 0 aromatic heterocycles. The third-order valence-electron chi connectivity index (χ3n) is 3.80. The van der Waals surface area contributed by atoms with Gasteiger partial charge in [-0.2, -0.15) is 0 Å². The molecule has 0 bridgehead atoms. The van der Waals surface area contributed by atoms with Crippen LogP contribution in [0.3, 0.4) is 0 Å². The molecule has 30 heavy (non-hydrogen) atoms. The molecule has 14 nitrogen and oxygen atoms in total. The Kier molecular flexibility index (Phi) is 12.1. The molecule has 0 aromatic carbocycles. The number of hydrogen-bond donors (Lipinski definition) is 8. The number of nitrogens with one attached hydrogen (secondary N) is 3. The SMILES string of the molecule is CC(NC(=O)C(CCC(=O)O)NC(=O)CN)C(=O)NC(CCCN=C(N)N)C(=O)O. The lowest BCUT2D eigenvalue weighted by atomic mass is 10.1. The van der Waals surface area contributed by atoms with E-state index in [1.807, 2.05) is 0 Å². The van der Waals surface area contributed by atoms with Crippen LogP contribution >= 0.6 is 0 Å². The summed E-state index contributed by atoms with van der Waals surface area (Å²) in [4.78, 5) is 61.8. The first-order valence-electron chi connectivity index (χ1n) is 9.08. The summed E-state index contributed by atoms with van der Waals surface area (Å²) in [5, 5.41) is 24.9. The van der Waals surface area contributed by atoms with Gasteiger partial charge in [-0.05, 0) is 26.2 Å². The van der Waals surface area contributed by atoms with Crippen molar-refractivity contribution in [2.45, 2.75) is 50.7 Å². The second kappa shape index (κ2) is 13.7. The standard InChI is InChI=1S/C16H29N7O7/c1-8(13(27)23-10(15(29)30)3-2-6-20-16(18)19)21-14(28)9(4-5-12(25)26)22-11(24)7-17/h8-10H,2-7,17H2,1H3,(H,21,28)(H,22,24)(H,23,27)(H,25,26)(H,29,30)(H4,18,19,20). The number of amides is 3. The minimum atomic E-state index is -1.28. The Balaban J connectivity index is 4.87. The number of aliphatic imine (C=N–C) groups is 1. The van der Waals surface area contributed by atoms with E-state index in [0.717, 1.165) is 0 Å². The van der Waals surface area contributed by atoms with E-state index in [2.05, 4.69) is 20.9 Å². The Labute approximate surface area is 172 Å². The van der Waals surface area contributed by atoms with E-state index in [9.17, 15) is 29.1 Å². The molecule has 0 aliphatic rings. The summed E-state index contributed by atoms with van der Waals surface area (Å²) in [5.41, 5.74) is 15.5. The largest absolute Gasteiger partial charge is 0.481 e. The lowest BCUT2D eigenvalue weighted by molar-refractivity contribution is -0.142. The van der Waals surface area contributed by atoms with Gasteiger partial charge in [0.2, 0.25) is 17.7 Å². The van der Waals surface area contributed by atoms with Gasteiger partial charge in [0.1, 0.15) is 18.1 Å². The number of carboxylic acids is 2. The third-order valence-corrected chi connectivity index (χ3v) is 3.80. The predicted octanol–water partition coefficient (Wildman–Crippen LogP) is -3.58. The molecule has 14 heteroatoms. The van der Waals surface area contributed by atoms with Crippen molar-refractivity contribution in [2.75, 3.05) is 13.1 Å². The maximum atomic E-state index is 12.3. The molecule has 0 heterocycles. The third kappa shape index (κ3) is 11.4. The summed E-state index contributed by atoms with van der Waals surface area (Å²) in [7, 11) is 0. The number of guanidine groups is 1. The second-order valence-corrected chi connectivity index (χ2v) is 6.34. The summed E-state index contributed by atoms with van der Waals surface area (Å²) >= 11 is 0. The van der Waals surface area contributed by atoms with Crippen LogP contribution in [0, 0.1) is 0 Å². The fourth-order valence-corrected chi connectivity index (χ4v) is 2.23. The van der Waals surface area contributed by atoms with Crippen molar-refractivity contribution < 1.29 is 34.2 Å². The van der Waals surface area contributed by atoms with Crippen LogP contribution in [0.15, 0.2) is 4.99 Å². The van der Waals surface area contributed by atoms with E-state index in [1.165, 1.54) is 6.92 Å². The maximum absolute atomic E-state index is 12.3. The van der Waals surface area contributed by atoms with E-state index < -0.39 is 60.8 Å². The molecule has 3 atom stereocenters. The highest BCUT2D eigenvalue weighted by Crippen LogP contribution is 2.02. The highest BCUT2D eigenvalue weighted by Gasteiger charge is 2.27. The Morgan fingerprint density at radius 1 is 0.933 bits per heavy atom.